The number of rotatable bonds is 10. The summed E-state index contributed by atoms with van der Waals surface area (Å²) >= 11 is 4.10. The number of hydrogen-bond donors (Lipinski definition) is 1. The van der Waals surface area contributed by atoms with Gasteiger partial charge in [-0.15, -0.1) is 11.8 Å². The number of carboxylic acid groups (broad SMARTS) is 1. The van der Waals surface area contributed by atoms with E-state index in [2.05, 4.69) is 42.1 Å². The molecule has 0 spiro atoms. The zero-order chi connectivity index (χ0) is 15.6. The first kappa shape index (κ1) is 17.7. The topological polar surface area (TPSA) is 37.3 Å². The Hall–Kier alpha value is -0.610. The highest BCUT2D eigenvalue weighted by atomic mass is 32.2. The van der Waals surface area contributed by atoms with Gasteiger partial charge in [0.05, 0.1) is 0 Å². The van der Waals surface area contributed by atoms with Crippen LogP contribution in [0.4, 0.5) is 0 Å². The van der Waals surface area contributed by atoms with Gasteiger partial charge in [-0.2, -0.15) is 11.8 Å². The van der Waals surface area contributed by atoms with Gasteiger partial charge in [0.2, 0.25) is 0 Å². The largest absolute Gasteiger partial charge is 0.481 e. The average molecular weight is 339 g/mol. The highest BCUT2D eigenvalue weighted by molar-refractivity contribution is 8.00. The Kier molecular flexibility index (Phi) is 8.24. The molecule has 0 bridgehead atoms. The second-order valence-electron chi connectivity index (χ2n) is 6.03. The molecule has 2 atom stereocenters. The van der Waals surface area contributed by atoms with Gasteiger partial charge in [-0.05, 0) is 48.3 Å². The molecule has 1 aliphatic heterocycles. The summed E-state index contributed by atoms with van der Waals surface area (Å²) in [6.45, 7) is 0. The van der Waals surface area contributed by atoms with Gasteiger partial charge in [-0.1, -0.05) is 37.5 Å². The van der Waals surface area contributed by atoms with E-state index in [0.29, 0.717) is 6.42 Å². The van der Waals surface area contributed by atoms with Crippen molar-refractivity contribution < 1.29 is 9.90 Å². The van der Waals surface area contributed by atoms with E-state index in [-0.39, 0.29) is 0 Å². The van der Waals surface area contributed by atoms with E-state index in [1.807, 2.05) is 11.8 Å². The molecule has 0 aliphatic carbocycles. The average Bonchev–Trinajstić information content (AvgIpc) is 2.97. The van der Waals surface area contributed by atoms with Gasteiger partial charge in [0, 0.05) is 17.1 Å². The number of hydrogen-bond acceptors (Lipinski definition) is 3. The Bertz CT molecular complexity index is 436. The van der Waals surface area contributed by atoms with Crippen LogP contribution in [-0.2, 0) is 4.79 Å². The first-order chi connectivity index (χ1) is 10.8. The van der Waals surface area contributed by atoms with Crippen LogP contribution in [0.1, 0.15) is 38.5 Å². The molecule has 0 unspecified atom stereocenters. The number of carboxylic acids is 1. The maximum Gasteiger partial charge on any atom is 0.303 e. The molecule has 122 valence electrons. The quantitative estimate of drug-likeness (QED) is 0.471. The van der Waals surface area contributed by atoms with Crippen LogP contribution in [0.2, 0.25) is 0 Å². The monoisotopic (exact) mass is 338 g/mol. The van der Waals surface area contributed by atoms with E-state index < -0.39 is 5.97 Å². The van der Waals surface area contributed by atoms with E-state index in [9.17, 15) is 4.79 Å². The van der Waals surface area contributed by atoms with E-state index in [1.165, 1.54) is 41.4 Å². The minimum absolute atomic E-state index is 0.329. The third-order valence-corrected chi connectivity index (χ3v) is 6.78. The summed E-state index contributed by atoms with van der Waals surface area (Å²) in [6.07, 6.45) is 6.00. The molecule has 1 aliphatic rings. The second-order valence-corrected chi connectivity index (χ2v) is 8.20. The van der Waals surface area contributed by atoms with E-state index >= 15 is 0 Å². The third kappa shape index (κ3) is 6.66. The summed E-state index contributed by atoms with van der Waals surface area (Å²) in [5, 5.41) is 8.63. The SMILES string of the molecule is O=C(O)CCCCCC[C@H]1CSC[C@H]1CSc1ccccc1. The minimum Gasteiger partial charge on any atom is -0.481 e. The zero-order valence-corrected chi connectivity index (χ0v) is 14.7. The van der Waals surface area contributed by atoms with Gasteiger partial charge in [-0.25, -0.2) is 0 Å². The molecule has 0 radical (unpaired) electrons. The first-order valence-corrected chi connectivity index (χ1v) is 10.4. The Morgan fingerprint density at radius 2 is 1.82 bits per heavy atom. The lowest BCUT2D eigenvalue weighted by Gasteiger charge is -2.18. The molecule has 0 saturated carbocycles. The van der Waals surface area contributed by atoms with Crippen LogP contribution >= 0.6 is 23.5 Å². The lowest BCUT2D eigenvalue weighted by molar-refractivity contribution is -0.137. The molecule has 22 heavy (non-hydrogen) atoms. The first-order valence-electron chi connectivity index (χ1n) is 8.23. The summed E-state index contributed by atoms with van der Waals surface area (Å²) in [7, 11) is 0. The molecule has 1 saturated heterocycles. The molecular formula is C18H26O2S2. The molecule has 1 aromatic carbocycles. The van der Waals surface area contributed by atoms with Gasteiger partial charge in [0.15, 0.2) is 0 Å². The molecule has 1 N–H and O–H groups in total. The maximum absolute atomic E-state index is 10.5. The summed E-state index contributed by atoms with van der Waals surface area (Å²) in [6, 6.07) is 10.7. The fourth-order valence-corrected chi connectivity index (χ4v) is 5.77. The lowest BCUT2D eigenvalue weighted by atomic mass is 9.92. The van der Waals surface area contributed by atoms with Crippen LogP contribution in [0.3, 0.4) is 0 Å². The van der Waals surface area contributed by atoms with Crippen molar-refractivity contribution in [3.63, 3.8) is 0 Å². The smallest absolute Gasteiger partial charge is 0.303 e. The number of carbonyl (C=O) groups is 1. The minimum atomic E-state index is -0.662. The third-order valence-electron chi connectivity index (χ3n) is 4.25. The van der Waals surface area contributed by atoms with Crippen LogP contribution in [0, 0.1) is 11.8 Å². The van der Waals surface area contributed by atoms with E-state index in [4.69, 9.17) is 5.11 Å². The summed E-state index contributed by atoms with van der Waals surface area (Å²) in [4.78, 5) is 11.8. The molecule has 4 heteroatoms. The summed E-state index contributed by atoms with van der Waals surface area (Å²) < 4.78 is 0. The number of thioether (sulfide) groups is 2. The van der Waals surface area contributed by atoms with Crippen LogP contribution < -0.4 is 0 Å². The van der Waals surface area contributed by atoms with E-state index in [0.717, 1.165) is 24.7 Å². The Morgan fingerprint density at radius 1 is 1.09 bits per heavy atom. The normalized spacial score (nSPS) is 21.1. The Balaban J connectivity index is 1.60. The van der Waals surface area contributed by atoms with Crippen LogP contribution in [0.5, 0.6) is 0 Å². The summed E-state index contributed by atoms with van der Waals surface area (Å²) in [5.74, 6) is 4.90. The van der Waals surface area contributed by atoms with Crippen molar-refractivity contribution in [3.05, 3.63) is 30.3 Å². The van der Waals surface area contributed by atoms with Crippen molar-refractivity contribution in [2.75, 3.05) is 17.3 Å². The fourth-order valence-electron chi connectivity index (χ4n) is 2.90. The number of aliphatic carboxylic acids is 1. The number of benzene rings is 1. The van der Waals surface area contributed by atoms with Crippen molar-refractivity contribution >= 4 is 29.5 Å². The van der Waals surface area contributed by atoms with E-state index in [1.54, 1.807) is 0 Å². The van der Waals surface area contributed by atoms with Gasteiger partial charge in [-0.3, -0.25) is 4.79 Å². The van der Waals surface area contributed by atoms with Crippen LogP contribution in [0.25, 0.3) is 0 Å². The highest BCUT2D eigenvalue weighted by Gasteiger charge is 2.27. The zero-order valence-electron chi connectivity index (χ0n) is 13.1. The molecule has 2 nitrogen and oxygen atoms in total. The highest BCUT2D eigenvalue weighted by Crippen LogP contribution is 2.37. The summed E-state index contributed by atoms with van der Waals surface area (Å²) in [5.41, 5.74) is 0. The Morgan fingerprint density at radius 3 is 2.59 bits per heavy atom. The van der Waals surface area contributed by atoms with Crippen molar-refractivity contribution in [2.24, 2.45) is 11.8 Å². The van der Waals surface area contributed by atoms with Crippen molar-refractivity contribution in [1.29, 1.82) is 0 Å². The van der Waals surface area contributed by atoms with Crippen LogP contribution in [-0.4, -0.2) is 28.3 Å². The fraction of sp³-hybridized carbons (Fsp3) is 0.611. The van der Waals surface area contributed by atoms with Crippen molar-refractivity contribution in [1.82, 2.24) is 0 Å². The molecule has 1 aromatic rings. The standard InChI is InChI=1S/C18H26O2S2/c19-18(20)11-7-2-1-4-8-15-12-21-13-16(15)14-22-17-9-5-3-6-10-17/h3,5-6,9-10,15-16H,1-2,4,7-8,11-14H2,(H,19,20)/t15-,16-/m0/s1. The molecule has 1 heterocycles. The molecule has 2 rings (SSSR count). The van der Waals surface area contributed by atoms with Crippen LogP contribution in [0.15, 0.2) is 35.2 Å². The number of unbranched alkanes of at least 4 members (excludes halogenated alkanes) is 3. The lowest BCUT2D eigenvalue weighted by Crippen LogP contribution is -2.15. The van der Waals surface area contributed by atoms with Gasteiger partial charge in [0.1, 0.15) is 0 Å². The van der Waals surface area contributed by atoms with Gasteiger partial charge < -0.3 is 5.11 Å². The molecule has 0 amide bonds. The maximum atomic E-state index is 10.5. The van der Waals surface area contributed by atoms with Crippen molar-refractivity contribution in [2.45, 2.75) is 43.4 Å². The molecule has 1 fully saturated rings. The predicted octanol–water partition coefficient (Wildman–Crippen LogP) is 5.18. The van der Waals surface area contributed by atoms with Gasteiger partial charge in [0.25, 0.3) is 0 Å². The van der Waals surface area contributed by atoms with Gasteiger partial charge >= 0.3 is 5.97 Å². The van der Waals surface area contributed by atoms with Crippen molar-refractivity contribution in [3.8, 4) is 0 Å². The second kappa shape index (κ2) is 10.2. The Labute approximate surface area is 142 Å². The molecular weight excluding hydrogens is 312 g/mol. The molecule has 0 aromatic heterocycles. The predicted molar refractivity (Wildman–Crippen MR) is 96.8 cm³/mol.